The molecule has 0 aromatic carbocycles. The van der Waals surface area contributed by atoms with Gasteiger partial charge in [0.15, 0.2) is 11.9 Å². The third-order valence-electron chi connectivity index (χ3n) is 5.43. The fraction of sp³-hybridized carbons (Fsp3) is 0.650. The molecule has 0 radical (unpaired) electrons. The summed E-state index contributed by atoms with van der Waals surface area (Å²) in [6.07, 6.45) is 6.57. The van der Waals surface area contributed by atoms with Crippen molar-refractivity contribution in [2.24, 2.45) is 5.92 Å². The lowest BCUT2D eigenvalue weighted by Crippen LogP contribution is -2.36. The molecule has 1 saturated carbocycles. The van der Waals surface area contributed by atoms with Gasteiger partial charge in [-0.1, -0.05) is 6.07 Å². The highest BCUT2D eigenvalue weighted by Gasteiger charge is 2.26. The Bertz CT molecular complexity index is 655. The molecule has 1 aliphatic carbocycles. The second-order valence-corrected chi connectivity index (χ2v) is 7.51. The summed E-state index contributed by atoms with van der Waals surface area (Å²) < 4.78 is 11.7. The van der Waals surface area contributed by atoms with E-state index in [9.17, 15) is 14.8 Å². The number of nitrogens with zero attached hydrogens (tertiary/aromatic N) is 2. The van der Waals surface area contributed by atoms with Crippen LogP contribution in [-0.2, 0) is 15.9 Å². The molecule has 2 fully saturated rings. The van der Waals surface area contributed by atoms with E-state index in [1.54, 1.807) is 23.1 Å². The first-order chi connectivity index (χ1) is 13.6. The van der Waals surface area contributed by atoms with Gasteiger partial charge in [-0.3, -0.25) is 0 Å². The molecule has 8 heteroatoms. The average molecular weight is 391 g/mol. The second-order valence-electron chi connectivity index (χ2n) is 7.51. The first-order valence-corrected chi connectivity index (χ1v) is 10.1. The minimum atomic E-state index is -0.447. The summed E-state index contributed by atoms with van der Waals surface area (Å²) in [5, 5.41) is 14.3. The van der Waals surface area contributed by atoms with Gasteiger partial charge < -0.3 is 24.9 Å². The van der Waals surface area contributed by atoms with E-state index in [2.05, 4.69) is 5.32 Å². The van der Waals surface area contributed by atoms with Crippen molar-refractivity contribution in [2.75, 3.05) is 26.2 Å². The van der Waals surface area contributed by atoms with E-state index in [0.29, 0.717) is 31.2 Å². The van der Waals surface area contributed by atoms with Crippen molar-refractivity contribution in [3.8, 4) is 0 Å². The van der Waals surface area contributed by atoms with Gasteiger partial charge in [0.05, 0.1) is 13.0 Å². The normalized spacial score (nSPS) is 21.9. The second kappa shape index (κ2) is 10.1. The van der Waals surface area contributed by atoms with Crippen LogP contribution in [0, 0.1) is 11.1 Å². The van der Waals surface area contributed by atoms with Gasteiger partial charge in [-0.15, -0.1) is 0 Å². The molecule has 1 aliphatic heterocycles. The molecule has 0 atom stereocenters. The van der Waals surface area contributed by atoms with Crippen LogP contribution in [0.25, 0.3) is 0 Å². The Labute approximate surface area is 165 Å². The third-order valence-corrected chi connectivity index (χ3v) is 5.43. The maximum Gasteiger partial charge on any atom is 0.409 e. The molecule has 1 N–H and O–H groups in total. The van der Waals surface area contributed by atoms with Crippen molar-refractivity contribution in [3.63, 3.8) is 0 Å². The van der Waals surface area contributed by atoms with Crippen molar-refractivity contribution >= 4 is 12.2 Å². The highest BCUT2D eigenvalue weighted by atomic mass is 16.6. The molecule has 1 saturated heterocycles. The Morgan fingerprint density at radius 3 is 2.64 bits per heavy atom. The average Bonchev–Trinajstić information content (AvgIpc) is 3.24. The van der Waals surface area contributed by atoms with Crippen LogP contribution in [0.1, 0.15) is 44.2 Å². The zero-order valence-corrected chi connectivity index (χ0v) is 16.2. The summed E-state index contributed by atoms with van der Waals surface area (Å²) in [6.45, 7) is 2.40. The number of rotatable bonds is 6. The molecule has 2 heterocycles. The van der Waals surface area contributed by atoms with Crippen LogP contribution in [0.5, 0.6) is 0 Å². The quantitative estimate of drug-likeness (QED) is 0.593. The van der Waals surface area contributed by atoms with Crippen molar-refractivity contribution in [1.29, 1.82) is 0 Å². The molecule has 0 spiro atoms. The molecule has 1 aromatic heterocycles. The van der Waals surface area contributed by atoms with E-state index < -0.39 is 6.09 Å². The highest BCUT2D eigenvalue weighted by Crippen LogP contribution is 2.26. The van der Waals surface area contributed by atoms with Gasteiger partial charge in [0.2, 0.25) is 0 Å². The predicted octanol–water partition coefficient (Wildman–Crippen LogP) is 2.38. The minimum Gasteiger partial charge on any atom is -0.619 e. The van der Waals surface area contributed by atoms with Crippen LogP contribution in [0.2, 0.25) is 0 Å². The van der Waals surface area contributed by atoms with Gasteiger partial charge in [-0.25, -0.2) is 9.59 Å². The van der Waals surface area contributed by atoms with Crippen molar-refractivity contribution in [1.82, 2.24) is 10.2 Å². The summed E-state index contributed by atoms with van der Waals surface area (Å²) in [6, 6.07) is 5.20. The fourth-order valence-electron chi connectivity index (χ4n) is 3.74. The third kappa shape index (κ3) is 6.00. The minimum absolute atomic E-state index is 0.105. The van der Waals surface area contributed by atoms with Crippen molar-refractivity contribution in [3.05, 3.63) is 35.3 Å². The molecule has 2 aliphatic rings. The van der Waals surface area contributed by atoms with Crippen LogP contribution in [0.3, 0.4) is 0 Å². The van der Waals surface area contributed by atoms with Crippen molar-refractivity contribution in [2.45, 2.75) is 51.0 Å². The lowest BCUT2D eigenvalue weighted by atomic mass is 9.88. The number of ether oxygens (including phenoxy) is 2. The number of amides is 2. The SMILES string of the molecule is O=C(NCCc1cccc[n+]1[O-])OC1CCC(COC(=O)N2CCCC2)CC1. The van der Waals surface area contributed by atoms with Gasteiger partial charge >= 0.3 is 12.2 Å². The van der Waals surface area contributed by atoms with Crippen LogP contribution >= 0.6 is 0 Å². The molecular weight excluding hydrogens is 362 g/mol. The van der Waals surface area contributed by atoms with E-state index in [1.165, 1.54) is 6.20 Å². The van der Waals surface area contributed by atoms with E-state index in [0.717, 1.165) is 56.3 Å². The Balaban J connectivity index is 1.28. The van der Waals surface area contributed by atoms with Gasteiger partial charge in [-0.2, -0.15) is 4.73 Å². The lowest BCUT2D eigenvalue weighted by molar-refractivity contribution is -0.613. The maximum absolute atomic E-state index is 11.9. The van der Waals surface area contributed by atoms with Crippen LogP contribution < -0.4 is 10.0 Å². The van der Waals surface area contributed by atoms with E-state index in [-0.39, 0.29) is 12.2 Å². The maximum atomic E-state index is 11.9. The lowest BCUT2D eigenvalue weighted by Gasteiger charge is -2.28. The number of hydrogen-bond acceptors (Lipinski definition) is 5. The number of aromatic nitrogens is 1. The van der Waals surface area contributed by atoms with Crippen LogP contribution in [0.4, 0.5) is 9.59 Å². The van der Waals surface area contributed by atoms with Crippen molar-refractivity contribution < 1.29 is 23.8 Å². The highest BCUT2D eigenvalue weighted by molar-refractivity contribution is 5.68. The molecule has 1 aromatic rings. The number of hydrogen-bond donors (Lipinski definition) is 1. The Morgan fingerprint density at radius 1 is 1.18 bits per heavy atom. The number of carbonyl (C=O) groups is 2. The monoisotopic (exact) mass is 391 g/mol. The largest absolute Gasteiger partial charge is 0.619 e. The fourth-order valence-corrected chi connectivity index (χ4v) is 3.74. The molecule has 154 valence electrons. The standard InChI is InChI=1S/C20H29N3O5/c24-19(21-11-10-17-5-1-2-14-23(17)26)28-18-8-6-16(7-9-18)15-27-20(25)22-12-3-4-13-22/h1-2,5,14,16,18H,3-4,6-13,15H2,(H,21,24). The Hall–Kier alpha value is -2.51. The molecule has 28 heavy (non-hydrogen) atoms. The van der Waals surface area contributed by atoms with Crippen LogP contribution in [-0.4, -0.2) is 49.4 Å². The Kier molecular flexibility index (Phi) is 7.33. The number of carbonyl (C=O) groups excluding carboxylic acids is 2. The molecule has 2 amide bonds. The smallest absolute Gasteiger partial charge is 0.409 e. The number of likely N-dealkylation sites (tertiary alicyclic amines) is 1. The zero-order valence-electron chi connectivity index (χ0n) is 16.2. The first-order valence-electron chi connectivity index (χ1n) is 10.1. The predicted molar refractivity (Wildman–Crippen MR) is 101 cm³/mol. The van der Waals surface area contributed by atoms with Gasteiger partial charge in [0.1, 0.15) is 6.10 Å². The number of alkyl carbamates (subject to hydrolysis) is 1. The summed E-state index contributed by atoms with van der Waals surface area (Å²) in [5.74, 6) is 0.333. The van der Waals surface area contributed by atoms with E-state index >= 15 is 0 Å². The van der Waals surface area contributed by atoms with Gasteiger partial charge in [0.25, 0.3) is 0 Å². The first kappa shape index (κ1) is 20.2. The summed E-state index contributed by atoms with van der Waals surface area (Å²) in [5.41, 5.74) is 0.604. The molecular formula is C20H29N3O5. The molecule has 8 nitrogen and oxygen atoms in total. The zero-order chi connectivity index (χ0) is 19.8. The summed E-state index contributed by atoms with van der Waals surface area (Å²) >= 11 is 0. The summed E-state index contributed by atoms with van der Waals surface area (Å²) in [7, 11) is 0. The van der Waals surface area contributed by atoms with E-state index in [1.807, 2.05) is 0 Å². The molecule has 0 bridgehead atoms. The van der Waals surface area contributed by atoms with Gasteiger partial charge in [0, 0.05) is 31.8 Å². The van der Waals surface area contributed by atoms with E-state index in [4.69, 9.17) is 9.47 Å². The Morgan fingerprint density at radius 2 is 1.93 bits per heavy atom. The van der Waals surface area contributed by atoms with Crippen LogP contribution in [0.15, 0.2) is 24.4 Å². The summed E-state index contributed by atoms with van der Waals surface area (Å²) in [4.78, 5) is 25.6. The number of pyridine rings is 1. The molecule has 0 unspecified atom stereocenters. The molecule has 3 rings (SSSR count). The topological polar surface area (TPSA) is 94.8 Å². The van der Waals surface area contributed by atoms with Gasteiger partial charge in [-0.05, 0) is 44.4 Å². The number of nitrogens with one attached hydrogen (secondary N) is 1.